The fourth-order valence-electron chi connectivity index (χ4n) is 2.37. The lowest BCUT2D eigenvalue weighted by atomic mass is 10.1. The molecule has 0 fully saturated rings. The number of thiophene rings is 1. The SMILES string of the molecule is CCNC(=NCc1ccc(OCCOC)cc1)NCC(C)c1cccs1.I. The van der Waals surface area contributed by atoms with Gasteiger partial charge in [0.25, 0.3) is 0 Å². The normalized spacial score (nSPS) is 12.2. The molecule has 2 aromatic rings. The number of ether oxygens (including phenoxy) is 2. The van der Waals surface area contributed by atoms with Crippen molar-refractivity contribution in [2.24, 2.45) is 4.99 Å². The number of rotatable bonds is 10. The highest BCUT2D eigenvalue weighted by Crippen LogP contribution is 2.19. The minimum absolute atomic E-state index is 0. The predicted octanol–water partition coefficient (Wildman–Crippen LogP) is 4.25. The van der Waals surface area contributed by atoms with E-state index in [-0.39, 0.29) is 24.0 Å². The Bertz CT molecular complexity index is 648. The molecule has 7 heteroatoms. The van der Waals surface area contributed by atoms with E-state index in [0.717, 1.165) is 30.4 Å². The Morgan fingerprint density at radius 1 is 1.15 bits per heavy atom. The van der Waals surface area contributed by atoms with Crippen molar-refractivity contribution in [2.45, 2.75) is 26.3 Å². The van der Waals surface area contributed by atoms with Crippen molar-refractivity contribution in [2.75, 3.05) is 33.4 Å². The van der Waals surface area contributed by atoms with Gasteiger partial charge in [-0.25, -0.2) is 4.99 Å². The Morgan fingerprint density at radius 3 is 2.56 bits per heavy atom. The number of methoxy groups -OCH3 is 1. The van der Waals surface area contributed by atoms with Crippen LogP contribution in [0.3, 0.4) is 0 Å². The highest BCUT2D eigenvalue weighted by atomic mass is 127. The van der Waals surface area contributed by atoms with Gasteiger partial charge in [0.2, 0.25) is 0 Å². The third-order valence-corrected chi connectivity index (χ3v) is 4.95. The van der Waals surface area contributed by atoms with E-state index in [2.05, 4.69) is 47.0 Å². The maximum atomic E-state index is 5.58. The summed E-state index contributed by atoms with van der Waals surface area (Å²) in [6, 6.07) is 12.3. The van der Waals surface area contributed by atoms with Crippen LogP contribution in [0.4, 0.5) is 0 Å². The third kappa shape index (κ3) is 8.94. The third-order valence-electron chi connectivity index (χ3n) is 3.85. The molecule has 27 heavy (non-hydrogen) atoms. The average Bonchev–Trinajstić information content (AvgIpc) is 3.20. The van der Waals surface area contributed by atoms with Crippen LogP contribution in [0, 0.1) is 0 Å². The Labute approximate surface area is 183 Å². The largest absolute Gasteiger partial charge is 0.491 e. The van der Waals surface area contributed by atoms with Crippen LogP contribution in [0.1, 0.15) is 30.2 Å². The van der Waals surface area contributed by atoms with E-state index in [1.165, 1.54) is 4.88 Å². The van der Waals surface area contributed by atoms with Crippen molar-refractivity contribution in [3.05, 3.63) is 52.2 Å². The van der Waals surface area contributed by atoms with Crippen LogP contribution in [0.2, 0.25) is 0 Å². The van der Waals surface area contributed by atoms with Gasteiger partial charge < -0.3 is 20.1 Å². The van der Waals surface area contributed by atoms with Crippen LogP contribution < -0.4 is 15.4 Å². The molecule has 0 bridgehead atoms. The average molecular weight is 503 g/mol. The molecule has 5 nitrogen and oxygen atoms in total. The molecule has 150 valence electrons. The molecule has 2 rings (SSSR count). The fourth-order valence-corrected chi connectivity index (χ4v) is 3.16. The summed E-state index contributed by atoms with van der Waals surface area (Å²) in [5, 5.41) is 8.85. The molecule has 0 radical (unpaired) electrons. The Balaban J connectivity index is 0.00000364. The summed E-state index contributed by atoms with van der Waals surface area (Å²) in [7, 11) is 1.67. The number of halogens is 1. The van der Waals surface area contributed by atoms with Gasteiger partial charge in [-0.2, -0.15) is 0 Å². The predicted molar refractivity (Wildman–Crippen MR) is 125 cm³/mol. The zero-order valence-corrected chi connectivity index (χ0v) is 19.4. The molecule has 1 unspecified atom stereocenters. The Morgan fingerprint density at radius 2 is 1.93 bits per heavy atom. The van der Waals surface area contributed by atoms with E-state index < -0.39 is 0 Å². The quantitative estimate of drug-likeness (QED) is 0.220. The first-order valence-electron chi connectivity index (χ1n) is 8.99. The summed E-state index contributed by atoms with van der Waals surface area (Å²) in [5.74, 6) is 2.16. The van der Waals surface area contributed by atoms with Crippen molar-refractivity contribution < 1.29 is 9.47 Å². The molecule has 0 saturated carbocycles. The number of nitrogens with one attached hydrogen (secondary N) is 2. The summed E-state index contributed by atoms with van der Waals surface area (Å²) in [4.78, 5) is 6.07. The molecule has 0 spiro atoms. The van der Waals surface area contributed by atoms with Crippen molar-refractivity contribution in [3.63, 3.8) is 0 Å². The first-order valence-corrected chi connectivity index (χ1v) is 9.87. The van der Waals surface area contributed by atoms with Crippen LogP contribution in [0.15, 0.2) is 46.8 Å². The lowest BCUT2D eigenvalue weighted by molar-refractivity contribution is 0.146. The number of aliphatic imine (C=N–C) groups is 1. The maximum absolute atomic E-state index is 5.58. The van der Waals surface area contributed by atoms with Gasteiger partial charge in [-0.05, 0) is 36.1 Å². The van der Waals surface area contributed by atoms with Gasteiger partial charge in [0.15, 0.2) is 5.96 Å². The molecule has 1 heterocycles. The number of guanidine groups is 1. The standard InChI is InChI=1S/C20H29N3O2S.HI/c1-4-21-20(22-14-16(2)19-6-5-13-26-19)23-15-17-7-9-18(10-8-17)25-12-11-24-3;/h5-10,13,16H,4,11-12,14-15H2,1-3H3,(H2,21,22,23);1H. The first kappa shape index (κ1) is 23.7. The number of nitrogens with zero attached hydrogens (tertiary/aromatic N) is 1. The molecule has 0 aliphatic carbocycles. The van der Waals surface area contributed by atoms with E-state index in [4.69, 9.17) is 9.47 Å². The second-order valence-electron chi connectivity index (χ2n) is 5.98. The molecular weight excluding hydrogens is 473 g/mol. The van der Waals surface area contributed by atoms with Gasteiger partial charge in [-0.3, -0.25) is 0 Å². The summed E-state index contributed by atoms with van der Waals surface area (Å²) in [5.41, 5.74) is 1.15. The van der Waals surface area contributed by atoms with Gasteiger partial charge >= 0.3 is 0 Å². The molecule has 1 aromatic heterocycles. The minimum atomic E-state index is 0. The van der Waals surface area contributed by atoms with Crippen LogP contribution >= 0.6 is 35.3 Å². The number of hydrogen-bond acceptors (Lipinski definition) is 4. The van der Waals surface area contributed by atoms with Crippen LogP contribution in [0.25, 0.3) is 0 Å². The minimum Gasteiger partial charge on any atom is -0.491 e. The van der Waals surface area contributed by atoms with E-state index in [1.807, 2.05) is 24.3 Å². The summed E-state index contributed by atoms with van der Waals surface area (Å²) < 4.78 is 10.6. The molecule has 0 amide bonds. The van der Waals surface area contributed by atoms with E-state index in [9.17, 15) is 0 Å². The number of benzene rings is 1. The summed E-state index contributed by atoms with van der Waals surface area (Å²) in [6.07, 6.45) is 0. The Hall–Kier alpha value is -1.32. The van der Waals surface area contributed by atoms with Gasteiger partial charge in [-0.1, -0.05) is 25.1 Å². The van der Waals surface area contributed by atoms with E-state index >= 15 is 0 Å². The topological polar surface area (TPSA) is 54.9 Å². The first-order chi connectivity index (χ1) is 12.7. The van der Waals surface area contributed by atoms with Gasteiger partial charge in [0.05, 0.1) is 13.2 Å². The molecule has 0 aliphatic rings. The zero-order valence-electron chi connectivity index (χ0n) is 16.2. The Kier molecular flexibility index (Phi) is 12.1. The van der Waals surface area contributed by atoms with Crippen molar-refractivity contribution in [3.8, 4) is 5.75 Å². The highest BCUT2D eigenvalue weighted by molar-refractivity contribution is 14.0. The smallest absolute Gasteiger partial charge is 0.191 e. The zero-order chi connectivity index (χ0) is 18.6. The molecule has 1 aromatic carbocycles. The van der Waals surface area contributed by atoms with Crippen LogP contribution in [-0.2, 0) is 11.3 Å². The number of hydrogen-bond donors (Lipinski definition) is 2. The molecular formula is C20H30IN3O2S. The highest BCUT2D eigenvalue weighted by Gasteiger charge is 2.07. The summed E-state index contributed by atoms with van der Waals surface area (Å²) >= 11 is 1.79. The van der Waals surface area contributed by atoms with Crippen molar-refractivity contribution in [1.82, 2.24) is 10.6 Å². The van der Waals surface area contributed by atoms with Crippen LogP contribution in [-0.4, -0.2) is 39.4 Å². The van der Waals surface area contributed by atoms with Crippen molar-refractivity contribution >= 4 is 41.3 Å². The fraction of sp³-hybridized carbons (Fsp3) is 0.450. The van der Waals surface area contributed by atoms with Gasteiger partial charge in [-0.15, -0.1) is 35.3 Å². The second kappa shape index (κ2) is 13.8. The monoisotopic (exact) mass is 503 g/mol. The van der Waals surface area contributed by atoms with Crippen LogP contribution in [0.5, 0.6) is 5.75 Å². The lowest BCUT2D eigenvalue weighted by Gasteiger charge is -2.15. The molecule has 0 saturated heterocycles. The maximum Gasteiger partial charge on any atom is 0.191 e. The van der Waals surface area contributed by atoms with Gasteiger partial charge in [0.1, 0.15) is 12.4 Å². The van der Waals surface area contributed by atoms with E-state index in [0.29, 0.717) is 25.7 Å². The van der Waals surface area contributed by atoms with E-state index in [1.54, 1.807) is 18.4 Å². The van der Waals surface area contributed by atoms with Crippen molar-refractivity contribution in [1.29, 1.82) is 0 Å². The second-order valence-corrected chi connectivity index (χ2v) is 6.96. The molecule has 2 N–H and O–H groups in total. The summed E-state index contributed by atoms with van der Waals surface area (Å²) in [6.45, 7) is 7.78. The molecule has 0 aliphatic heterocycles. The van der Waals surface area contributed by atoms with Gasteiger partial charge in [0, 0.05) is 31.0 Å². The molecule has 1 atom stereocenters. The lowest BCUT2D eigenvalue weighted by Crippen LogP contribution is -2.39.